The number of rotatable bonds is 4. The van der Waals surface area contributed by atoms with E-state index in [2.05, 4.69) is 26.0 Å². The summed E-state index contributed by atoms with van der Waals surface area (Å²) in [4.78, 5) is 15.2. The van der Waals surface area contributed by atoms with Gasteiger partial charge in [-0.3, -0.25) is 4.79 Å². The van der Waals surface area contributed by atoms with Crippen molar-refractivity contribution in [3.05, 3.63) is 10.6 Å². The fraction of sp³-hybridized carbons (Fsp3) is 0.625. The van der Waals surface area contributed by atoms with Crippen LogP contribution in [0.2, 0.25) is 0 Å². The molecule has 1 aromatic heterocycles. The lowest BCUT2D eigenvalue weighted by atomic mass is 10.4. The quantitative estimate of drug-likeness (QED) is 0.764. The van der Waals surface area contributed by atoms with E-state index < -0.39 is 0 Å². The molecule has 1 aromatic rings. The van der Waals surface area contributed by atoms with Gasteiger partial charge >= 0.3 is 5.97 Å². The van der Waals surface area contributed by atoms with Gasteiger partial charge in [-0.1, -0.05) is 0 Å². The number of esters is 1. The minimum absolute atomic E-state index is 0.167. The maximum atomic E-state index is 11.2. The molecule has 0 aromatic carbocycles. The van der Waals surface area contributed by atoms with Gasteiger partial charge < -0.3 is 4.74 Å². The standard InChI is InChI=1S/C8H12BrN3O2/c1-3-12-6(10-8(9)11-12)5-7(13)14-4-2/h3-5H2,1-2H3. The Labute approximate surface area is 90.6 Å². The number of nitrogens with zero attached hydrogens (tertiary/aromatic N) is 3. The molecule has 0 aliphatic carbocycles. The number of carbonyl (C=O) groups is 1. The van der Waals surface area contributed by atoms with E-state index in [1.165, 1.54) is 0 Å². The molecular formula is C8H12BrN3O2. The molecule has 0 radical (unpaired) electrons. The number of hydrogen-bond donors (Lipinski definition) is 0. The van der Waals surface area contributed by atoms with Gasteiger partial charge in [-0.2, -0.15) is 0 Å². The summed E-state index contributed by atoms with van der Waals surface area (Å²) in [5, 5.41) is 4.06. The van der Waals surface area contributed by atoms with Crippen LogP contribution in [0.3, 0.4) is 0 Å². The van der Waals surface area contributed by atoms with Crippen molar-refractivity contribution in [3.8, 4) is 0 Å². The van der Waals surface area contributed by atoms with Crippen LogP contribution in [0.15, 0.2) is 4.73 Å². The molecule has 0 aliphatic rings. The highest BCUT2D eigenvalue weighted by atomic mass is 79.9. The second-order valence-corrected chi connectivity index (χ2v) is 3.30. The van der Waals surface area contributed by atoms with Gasteiger partial charge in [0.2, 0.25) is 4.73 Å². The first kappa shape index (κ1) is 11.2. The normalized spacial score (nSPS) is 10.2. The van der Waals surface area contributed by atoms with Crippen molar-refractivity contribution in [1.82, 2.24) is 14.8 Å². The number of aromatic nitrogens is 3. The molecule has 0 unspecified atom stereocenters. The minimum atomic E-state index is -0.276. The van der Waals surface area contributed by atoms with E-state index in [1.54, 1.807) is 11.6 Å². The van der Waals surface area contributed by atoms with Crippen LogP contribution < -0.4 is 0 Å². The third kappa shape index (κ3) is 2.80. The average molecular weight is 262 g/mol. The van der Waals surface area contributed by atoms with E-state index in [4.69, 9.17) is 4.74 Å². The topological polar surface area (TPSA) is 57.0 Å². The molecule has 0 spiro atoms. The van der Waals surface area contributed by atoms with Gasteiger partial charge in [0.25, 0.3) is 0 Å². The van der Waals surface area contributed by atoms with E-state index in [0.717, 1.165) is 0 Å². The molecule has 1 heterocycles. The third-order valence-corrected chi connectivity index (χ3v) is 1.97. The summed E-state index contributed by atoms with van der Waals surface area (Å²) < 4.78 is 6.99. The molecule has 0 N–H and O–H groups in total. The van der Waals surface area contributed by atoms with E-state index in [0.29, 0.717) is 23.7 Å². The van der Waals surface area contributed by atoms with Crippen LogP contribution in [0.4, 0.5) is 0 Å². The summed E-state index contributed by atoms with van der Waals surface area (Å²) >= 11 is 3.16. The average Bonchev–Trinajstić information content (AvgIpc) is 2.46. The Morgan fingerprint density at radius 2 is 2.29 bits per heavy atom. The summed E-state index contributed by atoms with van der Waals surface area (Å²) in [5.74, 6) is 0.347. The summed E-state index contributed by atoms with van der Waals surface area (Å²) in [6.45, 7) is 4.79. The number of halogens is 1. The van der Waals surface area contributed by atoms with E-state index in [9.17, 15) is 4.79 Å². The van der Waals surface area contributed by atoms with E-state index in [1.807, 2.05) is 6.92 Å². The Hall–Kier alpha value is -0.910. The van der Waals surface area contributed by atoms with Crippen molar-refractivity contribution in [1.29, 1.82) is 0 Å². The first-order valence-corrected chi connectivity index (χ1v) is 5.21. The predicted octanol–water partition coefficient (Wildman–Crippen LogP) is 1.17. The van der Waals surface area contributed by atoms with Gasteiger partial charge in [-0.05, 0) is 29.8 Å². The van der Waals surface area contributed by atoms with Crippen molar-refractivity contribution in [2.24, 2.45) is 0 Å². The number of hydrogen-bond acceptors (Lipinski definition) is 4. The largest absolute Gasteiger partial charge is 0.466 e. The fourth-order valence-electron chi connectivity index (χ4n) is 1.07. The molecule has 0 amide bonds. The lowest BCUT2D eigenvalue weighted by molar-refractivity contribution is -0.142. The molecule has 0 saturated carbocycles. The van der Waals surface area contributed by atoms with Gasteiger partial charge in [0.15, 0.2) is 0 Å². The zero-order valence-corrected chi connectivity index (χ0v) is 9.74. The lowest BCUT2D eigenvalue weighted by Crippen LogP contribution is -2.12. The molecular weight excluding hydrogens is 250 g/mol. The zero-order valence-electron chi connectivity index (χ0n) is 8.16. The Morgan fingerprint density at radius 1 is 1.57 bits per heavy atom. The Morgan fingerprint density at radius 3 is 2.86 bits per heavy atom. The highest BCUT2D eigenvalue weighted by Gasteiger charge is 2.11. The first-order chi connectivity index (χ1) is 6.67. The summed E-state index contributed by atoms with van der Waals surface area (Å²) in [5.41, 5.74) is 0. The van der Waals surface area contributed by atoms with Gasteiger partial charge in [-0.15, -0.1) is 5.10 Å². The Bertz CT molecular complexity index is 324. The molecule has 0 atom stereocenters. The SMILES string of the molecule is CCOC(=O)Cc1nc(Br)nn1CC. The summed E-state index contributed by atoms with van der Waals surface area (Å²) in [6.07, 6.45) is 0.167. The zero-order chi connectivity index (χ0) is 10.6. The number of ether oxygens (including phenoxy) is 1. The number of aryl methyl sites for hydroxylation is 1. The first-order valence-electron chi connectivity index (χ1n) is 4.42. The second-order valence-electron chi connectivity index (χ2n) is 2.59. The Balaban J connectivity index is 2.70. The molecule has 5 nitrogen and oxygen atoms in total. The molecule has 0 aliphatic heterocycles. The molecule has 0 bridgehead atoms. The van der Waals surface area contributed by atoms with Crippen LogP contribution in [-0.2, 0) is 22.5 Å². The number of carbonyl (C=O) groups excluding carboxylic acids is 1. The predicted molar refractivity (Wildman–Crippen MR) is 53.7 cm³/mol. The smallest absolute Gasteiger partial charge is 0.313 e. The highest BCUT2D eigenvalue weighted by molar-refractivity contribution is 9.10. The van der Waals surface area contributed by atoms with Crippen molar-refractivity contribution < 1.29 is 9.53 Å². The molecule has 6 heteroatoms. The van der Waals surface area contributed by atoms with Crippen molar-refractivity contribution in [2.75, 3.05) is 6.61 Å². The van der Waals surface area contributed by atoms with Crippen molar-refractivity contribution in [3.63, 3.8) is 0 Å². The lowest BCUT2D eigenvalue weighted by Gasteiger charge is -2.02. The van der Waals surface area contributed by atoms with Crippen molar-refractivity contribution >= 4 is 21.9 Å². The van der Waals surface area contributed by atoms with Crippen LogP contribution in [0.5, 0.6) is 0 Å². The van der Waals surface area contributed by atoms with Gasteiger partial charge in [0.1, 0.15) is 12.2 Å². The van der Waals surface area contributed by atoms with Crippen LogP contribution >= 0.6 is 15.9 Å². The molecule has 78 valence electrons. The molecule has 14 heavy (non-hydrogen) atoms. The monoisotopic (exact) mass is 261 g/mol. The fourth-order valence-corrected chi connectivity index (χ4v) is 1.47. The van der Waals surface area contributed by atoms with Crippen LogP contribution in [0.25, 0.3) is 0 Å². The Kier molecular flexibility index (Phi) is 4.06. The van der Waals surface area contributed by atoms with Gasteiger partial charge in [-0.25, -0.2) is 9.67 Å². The molecule has 0 fully saturated rings. The van der Waals surface area contributed by atoms with E-state index in [-0.39, 0.29) is 12.4 Å². The molecule has 1 rings (SSSR count). The highest BCUT2D eigenvalue weighted by Crippen LogP contribution is 2.06. The van der Waals surface area contributed by atoms with Crippen LogP contribution in [0.1, 0.15) is 19.7 Å². The third-order valence-electron chi connectivity index (χ3n) is 1.63. The minimum Gasteiger partial charge on any atom is -0.466 e. The van der Waals surface area contributed by atoms with Crippen LogP contribution in [-0.4, -0.2) is 27.3 Å². The maximum Gasteiger partial charge on any atom is 0.313 e. The molecule has 0 saturated heterocycles. The summed E-state index contributed by atoms with van der Waals surface area (Å²) in [6, 6.07) is 0. The van der Waals surface area contributed by atoms with Crippen LogP contribution in [0, 0.1) is 0 Å². The van der Waals surface area contributed by atoms with E-state index >= 15 is 0 Å². The van der Waals surface area contributed by atoms with Gasteiger partial charge in [0, 0.05) is 6.54 Å². The second kappa shape index (κ2) is 5.09. The maximum absolute atomic E-state index is 11.2. The van der Waals surface area contributed by atoms with Crippen molar-refractivity contribution in [2.45, 2.75) is 26.8 Å². The summed E-state index contributed by atoms with van der Waals surface area (Å²) in [7, 11) is 0. The van der Waals surface area contributed by atoms with Gasteiger partial charge in [0.05, 0.1) is 6.61 Å².